The molecule has 0 atom stereocenters. The van der Waals surface area contributed by atoms with Crippen molar-refractivity contribution in [3.8, 4) is 0 Å². The summed E-state index contributed by atoms with van der Waals surface area (Å²) in [6.07, 6.45) is 0. The van der Waals surface area contributed by atoms with Gasteiger partial charge in [-0.15, -0.1) is 0 Å². The van der Waals surface area contributed by atoms with Crippen molar-refractivity contribution in [2.45, 2.75) is 9.79 Å². The minimum atomic E-state index is -3.70. The lowest BCUT2D eigenvalue weighted by atomic mass is 10.3. The molecule has 0 unspecified atom stereocenters. The van der Waals surface area contributed by atoms with E-state index in [0.29, 0.717) is 11.4 Å². The topological polar surface area (TPSA) is 116 Å². The van der Waals surface area contributed by atoms with Gasteiger partial charge in [-0.05, 0) is 62.6 Å². The predicted octanol–water partition coefficient (Wildman–Crippen LogP) is 0.835. The number of carbonyl (C=O) groups excluding carboxylic acids is 2. The highest BCUT2D eigenvalue weighted by molar-refractivity contribution is 7.91. The van der Waals surface area contributed by atoms with E-state index < -0.39 is 9.84 Å². The second-order valence-electron chi connectivity index (χ2n) is 5.71. The van der Waals surface area contributed by atoms with Crippen LogP contribution in [-0.2, 0) is 19.4 Å². The number of benzene rings is 2. The molecule has 0 bridgehead atoms. The van der Waals surface area contributed by atoms with Gasteiger partial charge in [0.25, 0.3) is 0 Å². The zero-order valence-corrected chi connectivity index (χ0v) is 15.9. The fourth-order valence-corrected chi connectivity index (χ4v) is 3.56. The van der Waals surface area contributed by atoms with Crippen molar-refractivity contribution in [2.75, 3.05) is 37.8 Å². The average molecular weight is 390 g/mol. The molecule has 4 N–H and O–H groups in total. The van der Waals surface area contributed by atoms with Gasteiger partial charge in [0.05, 0.1) is 22.9 Å². The molecule has 2 aromatic carbocycles. The van der Waals surface area contributed by atoms with Crippen LogP contribution in [0.3, 0.4) is 0 Å². The van der Waals surface area contributed by atoms with Crippen LogP contribution >= 0.6 is 0 Å². The van der Waals surface area contributed by atoms with Crippen LogP contribution in [0.15, 0.2) is 58.3 Å². The van der Waals surface area contributed by atoms with Crippen LogP contribution in [0.5, 0.6) is 0 Å². The van der Waals surface area contributed by atoms with E-state index in [1.165, 1.54) is 48.5 Å². The van der Waals surface area contributed by atoms with Gasteiger partial charge in [0.15, 0.2) is 0 Å². The Balaban J connectivity index is 2.13. The molecule has 9 heteroatoms. The first-order valence-electron chi connectivity index (χ1n) is 8.21. The Labute approximate surface area is 158 Å². The molecule has 8 nitrogen and oxygen atoms in total. The molecular formula is C18H22N4O4S. The second kappa shape index (κ2) is 9.26. The number of hydrogen-bond acceptors (Lipinski definition) is 6. The standard InChI is InChI=1S/C18H22N4O4S/c1-19-11-17(23)21-13-3-7-15(8-4-13)27(25,26)16-9-5-14(6-10-16)22-18(24)12-20-2/h3-10,19-20H,11-12H2,1-2H3,(H,21,23)(H,22,24). The van der Waals surface area contributed by atoms with E-state index in [2.05, 4.69) is 21.3 Å². The third kappa shape index (κ3) is 5.61. The Kier molecular flexibility index (Phi) is 7.05. The van der Waals surface area contributed by atoms with Gasteiger partial charge < -0.3 is 21.3 Å². The van der Waals surface area contributed by atoms with Crippen LogP contribution < -0.4 is 21.3 Å². The monoisotopic (exact) mass is 390 g/mol. The predicted molar refractivity (Wildman–Crippen MR) is 103 cm³/mol. The van der Waals surface area contributed by atoms with Gasteiger partial charge in [-0.1, -0.05) is 0 Å². The van der Waals surface area contributed by atoms with Gasteiger partial charge in [0.1, 0.15) is 0 Å². The van der Waals surface area contributed by atoms with Gasteiger partial charge in [-0.2, -0.15) is 0 Å². The van der Waals surface area contributed by atoms with Crippen LogP contribution in [0.25, 0.3) is 0 Å². The minimum Gasteiger partial charge on any atom is -0.325 e. The summed E-state index contributed by atoms with van der Waals surface area (Å²) in [5.41, 5.74) is 1.02. The largest absolute Gasteiger partial charge is 0.325 e. The molecule has 0 saturated heterocycles. The van der Waals surface area contributed by atoms with E-state index in [-0.39, 0.29) is 34.7 Å². The van der Waals surface area contributed by atoms with E-state index in [1.54, 1.807) is 14.1 Å². The van der Waals surface area contributed by atoms with Crippen LogP contribution in [-0.4, -0.2) is 47.4 Å². The molecule has 0 aliphatic carbocycles. The third-order valence-electron chi connectivity index (χ3n) is 3.57. The Morgan fingerprint density at radius 3 is 1.33 bits per heavy atom. The van der Waals surface area contributed by atoms with Crippen LogP contribution in [0.1, 0.15) is 0 Å². The molecule has 0 spiro atoms. The van der Waals surface area contributed by atoms with E-state index in [9.17, 15) is 18.0 Å². The zero-order valence-electron chi connectivity index (χ0n) is 15.1. The molecule has 0 saturated carbocycles. The molecule has 0 aliphatic rings. The molecule has 144 valence electrons. The maximum absolute atomic E-state index is 12.7. The number of carbonyl (C=O) groups is 2. The second-order valence-corrected chi connectivity index (χ2v) is 7.66. The number of amides is 2. The quantitative estimate of drug-likeness (QED) is 0.531. The van der Waals surface area contributed by atoms with Crippen molar-refractivity contribution in [2.24, 2.45) is 0 Å². The molecule has 0 aromatic heterocycles. The van der Waals surface area contributed by atoms with Gasteiger partial charge >= 0.3 is 0 Å². The van der Waals surface area contributed by atoms with Gasteiger partial charge in [0, 0.05) is 11.4 Å². The molecule has 0 heterocycles. The molecule has 2 aromatic rings. The lowest BCUT2D eigenvalue weighted by Crippen LogP contribution is -2.25. The number of likely N-dealkylation sites (N-methyl/N-ethyl adjacent to an activating group) is 2. The summed E-state index contributed by atoms with van der Waals surface area (Å²) in [5, 5.41) is 10.8. The number of sulfone groups is 1. The van der Waals surface area contributed by atoms with Crippen molar-refractivity contribution in [3.05, 3.63) is 48.5 Å². The summed E-state index contributed by atoms with van der Waals surface area (Å²) >= 11 is 0. The van der Waals surface area contributed by atoms with Crippen molar-refractivity contribution < 1.29 is 18.0 Å². The highest BCUT2D eigenvalue weighted by atomic mass is 32.2. The van der Waals surface area contributed by atoms with E-state index >= 15 is 0 Å². The zero-order chi connectivity index (χ0) is 19.9. The first-order valence-corrected chi connectivity index (χ1v) is 9.69. The molecule has 0 radical (unpaired) electrons. The Morgan fingerprint density at radius 2 is 1.04 bits per heavy atom. The lowest BCUT2D eigenvalue weighted by molar-refractivity contribution is -0.116. The third-order valence-corrected chi connectivity index (χ3v) is 5.36. The van der Waals surface area contributed by atoms with Crippen LogP contribution in [0.4, 0.5) is 11.4 Å². The normalized spacial score (nSPS) is 11.0. The van der Waals surface area contributed by atoms with Gasteiger partial charge in [-0.3, -0.25) is 9.59 Å². The molecule has 0 aliphatic heterocycles. The highest BCUT2D eigenvalue weighted by Crippen LogP contribution is 2.23. The van der Waals surface area contributed by atoms with Crippen LogP contribution in [0.2, 0.25) is 0 Å². The fraction of sp³-hybridized carbons (Fsp3) is 0.222. The fourth-order valence-electron chi connectivity index (χ4n) is 2.30. The van der Waals surface area contributed by atoms with Gasteiger partial charge in [-0.25, -0.2) is 8.42 Å². The molecule has 2 amide bonds. The minimum absolute atomic E-state index is 0.112. The Hall–Kier alpha value is -2.75. The van der Waals surface area contributed by atoms with E-state index in [0.717, 1.165) is 0 Å². The van der Waals surface area contributed by atoms with E-state index in [1.807, 2.05) is 0 Å². The Morgan fingerprint density at radius 1 is 0.704 bits per heavy atom. The summed E-state index contributed by atoms with van der Waals surface area (Å²) < 4.78 is 25.4. The van der Waals surface area contributed by atoms with Crippen molar-refractivity contribution >= 4 is 33.0 Å². The molecule has 0 fully saturated rings. The van der Waals surface area contributed by atoms with Crippen LogP contribution in [0, 0.1) is 0 Å². The smallest absolute Gasteiger partial charge is 0.238 e. The van der Waals surface area contributed by atoms with Crippen molar-refractivity contribution in [1.29, 1.82) is 0 Å². The first-order chi connectivity index (χ1) is 12.9. The molecular weight excluding hydrogens is 368 g/mol. The average Bonchev–Trinajstić information content (AvgIpc) is 2.63. The molecule has 27 heavy (non-hydrogen) atoms. The summed E-state index contributed by atoms with van der Waals surface area (Å²) in [7, 11) is -0.381. The van der Waals surface area contributed by atoms with E-state index in [4.69, 9.17) is 0 Å². The van der Waals surface area contributed by atoms with Crippen molar-refractivity contribution in [1.82, 2.24) is 10.6 Å². The summed E-state index contributed by atoms with van der Waals surface area (Å²) in [5.74, 6) is -0.437. The van der Waals surface area contributed by atoms with Gasteiger partial charge in [0.2, 0.25) is 21.7 Å². The summed E-state index contributed by atoms with van der Waals surface area (Å²) in [6, 6.07) is 11.9. The van der Waals surface area contributed by atoms with Crippen molar-refractivity contribution in [3.63, 3.8) is 0 Å². The number of rotatable bonds is 8. The first kappa shape index (κ1) is 20.6. The SMILES string of the molecule is CNCC(=O)Nc1ccc(S(=O)(=O)c2ccc(NC(=O)CNC)cc2)cc1. The highest BCUT2D eigenvalue weighted by Gasteiger charge is 2.17. The summed E-state index contributed by atoms with van der Waals surface area (Å²) in [6.45, 7) is 0.328. The number of anilines is 2. The molecule has 2 rings (SSSR count). The summed E-state index contributed by atoms with van der Waals surface area (Å²) in [4.78, 5) is 23.3. The Bertz CT molecular complexity index is 824. The maximum Gasteiger partial charge on any atom is 0.238 e. The number of hydrogen-bond donors (Lipinski definition) is 4. The maximum atomic E-state index is 12.7. The number of nitrogens with one attached hydrogen (secondary N) is 4. The lowest BCUT2D eigenvalue weighted by Gasteiger charge is -2.09.